The van der Waals surface area contributed by atoms with Crippen LogP contribution in [0.5, 0.6) is 11.5 Å². The van der Waals surface area contributed by atoms with Crippen molar-refractivity contribution in [2.24, 2.45) is 0 Å². The predicted molar refractivity (Wildman–Crippen MR) is 119 cm³/mol. The molecule has 0 N–H and O–H groups in total. The molecule has 4 nitrogen and oxygen atoms in total. The van der Waals surface area contributed by atoms with Crippen molar-refractivity contribution in [2.45, 2.75) is 20.8 Å². The van der Waals surface area contributed by atoms with Gasteiger partial charge in [-0.1, -0.05) is 54.3 Å². The number of thiocarbonyl (C=S) groups is 1. The summed E-state index contributed by atoms with van der Waals surface area (Å²) in [6.45, 7) is 7.42. The van der Waals surface area contributed by atoms with Gasteiger partial charge in [0.25, 0.3) is 5.91 Å². The van der Waals surface area contributed by atoms with E-state index in [4.69, 9.17) is 21.7 Å². The minimum absolute atomic E-state index is 0.0504. The molecule has 1 aliphatic heterocycles. The van der Waals surface area contributed by atoms with Crippen LogP contribution in [0.3, 0.4) is 0 Å². The molecule has 2 aromatic rings. The van der Waals surface area contributed by atoms with E-state index < -0.39 is 0 Å². The number of carbonyl (C=O) groups excluding carboxylic acids is 1. The lowest BCUT2D eigenvalue weighted by atomic mass is 10.1. The molecule has 0 saturated carbocycles. The third kappa shape index (κ3) is 4.75. The first-order valence-electron chi connectivity index (χ1n) is 9.17. The second-order valence-electron chi connectivity index (χ2n) is 6.43. The number of rotatable bonds is 7. The summed E-state index contributed by atoms with van der Waals surface area (Å²) < 4.78 is 12.4. The Labute approximate surface area is 175 Å². The van der Waals surface area contributed by atoms with E-state index >= 15 is 0 Å². The fourth-order valence-corrected chi connectivity index (χ4v) is 4.19. The number of carbonyl (C=O) groups is 1. The summed E-state index contributed by atoms with van der Waals surface area (Å²) in [6, 6.07) is 13.8. The second-order valence-corrected chi connectivity index (χ2v) is 8.11. The van der Waals surface area contributed by atoms with Gasteiger partial charge in [0.1, 0.15) is 29.0 Å². The Morgan fingerprint density at radius 3 is 2.50 bits per heavy atom. The smallest absolute Gasteiger partial charge is 0.266 e. The Morgan fingerprint density at radius 1 is 1.07 bits per heavy atom. The maximum atomic E-state index is 12.4. The van der Waals surface area contributed by atoms with E-state index in [1.54, 1.807) is 4.90 Å². The highest BCUT2D eigenvalue weighted by molar-refractivity contribution is 8.26. The van der Waals surface area contributed by atoms with E-state index in [1.807, 2.05) is 63.2 Å². The molecule has 0 aliphatic carbocycles. The largest absolute Gasteiger partial charge is 0.490 e. The number of thioether (sulfide) groups is 1. The molecule has 1 heterocycles. The minimum atomic E-state index is -0.0504. The first kappa shape index (κ1) is 20.4. The van der Waals surface area contributed by atoms with E-state index in [2.05, 4.69) is 6.07 Å². The SMILES string of the molecule is CCN1C(=O)/C(=C/c2ccccc2OCCOc2cc(C)ccc2C)SC1=S. The molecule has 1 fully saturated rings. The van der Waals surface area contributed by atoms with Crippen LogP contribution in [-0.2, 0) is 4.79 Å². The van der Waals surface area contributed by atoms with E-state index in [0.29, 0.717) is 34.7 Å². The molecule has 0 aromatic heterocycles. The highest BCUT2D eigenvalue weighted by Gasteiger charge is 2.30. The molecular formula is C22H23NO3S2. The number of hydrogen-bond donors (Lipinski definition) is 0. The molecule has 28 heavy (non-hydrogen) atoms. The van der Waals surface area contributed by atoms with Crippen molar-refractivity contribution >= 4 is 40.3 Å². The van der Waals surface area contributed by atoms with Gasteiger partial charge in [-0.05, 0) is 50.1 Å². The zero-order valence-electron chi connectivity index (χ0n) is 16.2. The number of benzene rings is 2. The van der Waals surface area contributed by atoms with Gasteiger partial charge in [0.15, 0.2) is 0 Å². The minimum Gasteiger partial charge on any atom is -0.490 e. The Kier molecular flexibility index (Phi) is 6.75. The highest BCUT2D eigenvalue weighted by atomic mass is 32.2. The van der Waals surface area contributed by atoms with Crippen LogP contribution in [0.4, 0.5) is 0 Å². The van der Waals surface area contributed by atoms with Crippen molar-refractivity contribution in [3.8, 4) is 11.5 Å². The number of aryl methyl sites for hydroxylation is 2. The Morgan fingerprint density at radius 2 is 1.79 bits per heavy atom. The summed E-state index contributed by atoms with van der Waals surface area (Å²) in [4.78, 5) is 14.7. The lowest BCUT2D eigenvalue weighted by Gasteiger charge is -2.12. The normalized spacial score (nSPS) is 15.4. The van der Waals surface area contributed by atoms with Gasteiger partial charge >= 0.3 is 0 Å². The summed E-state index contributed by atoms with van der Waals surface area (Å²) in [7, 11) is 0. The molecule has 146 valence electrons. The van der Waals surface area contributed by atoms with Gasteiger partial charge in [0.05, 0.1) is 4.91 Å². The molecule has 0 unspecified atom stereocenters. The third-order valence-corrected chi connectivity index (χ3v) is 5.72. The first-order valence-corrected chi connectivity index (χ1v) is 10.4. The molecule has 6 heteroatoms. The molecule has 3 rings (SSSR count). The number of amides is 1. The van der Waals surface area contributed by atoms with Gasteiger partial charge in [0.2, 0.25) is 0 Å². The van der Waals surface area contributed by atoms with Crippen molar-refractivity contribution in [3.05, 3.63) is 64.1 Å². The summed E-state index contributed by atoms with van der Waals surface area (Å²) in [5.41, 5.74) is 3.12. The number of para-hydroxylation sites is 1. The monoisotopic (exact) mass is 413 g/mol. The predicted octanol–water partition coefficient (Wildman–Crippen LogP) is 4.98. The number of nitrogens with zero attached hydrogens (tertiary/aromatic N) is 1. The van der Waals surface area contributed by atoms with E-state index in [0.717, 1.165) is 22.4 Å². The second kappa shape index (κ2) is 9.26. The first-order chi connectivity index (χ1) is 13.5. The Hall–Kier alpha value is -2.31. The summed E-state index contributed by atoms with van der Waals surface area (Å²) in [5.74, 6) is 1.54. The van der Waals surface area contributed by atoms with Crippen LogP contribution in [0.1, 0.15) is 23.6 Å². The van der Waals surface area contributed by atoms with Crippen LogP contribution in [0.15, 0.2) is 47.4 Å². The van der Waals surface area contributed by atoms with Crippen molar-refractivity contribution in [1.82, 2.24) is 4.90 Å². The van der Waals surface area contributed by atoms with Crippen molar-refractivity contribution in [2.75, 3.05) is 19.8 Å². The maximum Gasteiger partial charge on any atom is 0.266 e. The standard InChI is InChI=1S/C22H23NO3S2/c1-4-23-21(24)20(28-22(23)27)14-17-7-5-6-8-18(17)25-11-12-26-19-13-15(2)9-10-16(19)3/h5-10,13-14H,4,11-12H2,1-3H3/b20-14-. The molecule has 0 atom stereocenters. The fraction of sp³-hybridized carbons (Fsp3) is 0.273. The van der Waals surface area contributed by atoms with E-state index in [9.17, 15) is 4.79 Å². The van der Waals surface area contributed by atoms with Gasteiger partial charge < -0.3 is 9.47 Å². The highest BCUT2D eigenvalue weighted by Crippen LogP contribution is 2.34. The summed E-state index contributed by atoms with van der Waals surface area (Å²) in [6.07, 6.45) is 1.84. The molecule has 0 bridgehead atoms. The molecule has 2 aromatic carbocycles. The number of ether oxygens (including phenoxy) is 2. The quantitative estimate of drug-likeness (QED) is 0.364. The van der Waals surface area contributed by atoms with Crippen LogP contribution >= 0.6 is 24.0 Å². The van der Waals surface area contributed by atoms with Crippen LogP contribution < -0.4 is 9.47 Å². The topological polar surface area (TPSA) is 38.8 Å². The molecular weight excluding hydrogens is 390 g/mol. The molecule has 0 radical (unpaired) electrons. The molecule has 1 aliphatic rings. The van der Waals surface area contributed by atoms with Gasteiger partial charge in [-0.3, -0.25) is 9.69 Å². The fourth-order valence-electron chi connectivity index (χ4n) is 2.81. The molecule has 1 amide bonds. The Balaban J connectivity index is 1.65. The van der Waals surface area contributed by atoms with Gasteiger partial charge in [0, 0.05) is 12.1 Å². The van der Waals surface area contributed by atoms with Crippen molar-refractivity contribution in [3.63, 3.8) is 0 Å². The van der Waals surface area contributed by atoms with Gasteiger partial charge in [-0.15, -0.1) is 0 Å². The lowest BCUT2D eigenvalue weighted by molar-refractivity contribution is -0.121. The zero-order chi connectivity index (χ0) is 20.1. The summed E-state index contributed by atoms with van der Waals surface area (Å²) >= 11 is 6.60. The average Bonchev–Trinajstić information content (AvgIpc) is 2.95. The van der Waals surface area contributed by atoms with E-state index in [-0.39, 0.29) is 5.91 Å². The van der Waals surface area contributed by atoms with Gasteiger partial charge in [-0.25, -0.2) is 0 Å². The zero-order valence-corrected chi connectivity index (χ0v) is 17.9. The number of likely N-dealkylation sites (N-methyl/N-ethyl adjacent to an activating group) is 1. The van der Waals surface area contributed by atoms with Crippen LogP contribution in [0.25, 0.3) is 6.08 Å². The lowest BCUT2D eigenvalue weighted by Crippen LogP contribution is -2.27. The summed E-state index contributed by atoms with van der Waals surface area (Å²) in [5, 5.41) is 0. The van der Waals surface area contributed by atoms with Crippen molar-refractivity contribution < 1.29 is 14.3 Å². The maximum absolute atomic E-state index is 12.4. The van der Waals surface area contributed by atoms with Crippen molar-refractivity contribution in [1.29, 1.82) is 0 Å². The Bertz CT molecular complexity index is 924. The molecule has 1 saturated heterocycles. The van der Waals surface area contributed by atoms with Crippen LogP contribution in [0, 0.1) is 13.8 Å². The average molecular weight is 414 g/mol. The molecule has 0 spiro atoms. The number of hydrogen-bond acceptors (Lipinski definition) is 5. The van der Waals surface area contributed by atoms with Gasteiger partial charge in [-0.2, -0.15) is 0 Å². The van der Waals surface area contributed by atoms with Crippen LogP contribution in [-0.4, -0.2) is 34.9 Å². The third-order valence-electron chi connectivity index (χ3n) is 4.34. The van der Waals surface area contributed by atoms with E-state index in [1.165, 1.54) is 11.8 Å². The van der Waals surface area contributed by atoms with Crippen LogP contribution in [0.2, 0.25) is 0 Å².